The van der Waals surface area contributed by atoms with Gasteiger partial charge in [0.05, 0.1) is 5.56 Å². The largest absolute Gasteiger partial charge is 0.508 e. The first-order valence-electron chi connectivity index (χ1n) is 4.02. The number of nitrogens with one attached hydrogen (secondary N) is 1. The van der Waals surface area contributed by atoms with Gasteiger partial charge in [0.25, 0.3) is 5.91 Å². The molecule has 0 spiro atoms. The first kappa shape index (κ1) is 10.3. The number of aryl methyl sites for hydroxylation is 1. The lowest BCUT2D eigenvalue weighted by molar-refractivity contribution is 0.0949. The number of carbonyl (C=O) groups excluding carboxylic acids is 1. The average Bonchev–Trinajstić information content (AvgIpc) is 2.15. The van der Waals surface area contributed by atoms with Crippen molar-refractivity contribution in [3.63, 3.8) is 0 Å². The molecule has 0 fully saturated rings. The third kappa shape index (κ3) is 1.49. The second-order valence-electron chi connectivity index (χ2n) is 3.03. The zero-order valence-electron chi connectivity index (χ0n) is 7.96. The predicted molar refractivity (Wildman–Crippen MR) is 50.9 cm³/mol. The van der Waals surface area contributed by atoms with Gasteiger partial charge < -0.3 is 10.2 Å². The van der Waals surface area contributed by atoms with Crippen molar-refractivity contribution < 1.29 is 15.0 Å². The van der Waals surface area contributed by atoms with Crippen LogP contribution < -0.4 is 11.3 Å². The summed E-state index contributed by atoms with van der Waals surface area (Å²) in [6, 6.07) is 1.39. The number of nitrogens with two attached hydrogens (primary N) is 1. The van der Waals surface area contributed by atoms with E-state index >= 15 is 0 Å². The number of hydrogen-bond donors (Lipinski definition) is 4. The molecule has 0 radical (unpaired) electrons. The maximum Gasteiger partial charge on any atom is 0.269 e. The summed E-state index contributed by atoms with van der Waals surface area (Å²) in [6.45, 7) is 3.11. The molecular weight excluding hydrogens is 184 g/mol. The van der Waals surface area contributed by atoms with Gasteiger partial charge in [-0.3, -0.25) is 10.2 Å². The number of benzene rings is 1. The highest BCUT2D eigenvalue weighted by Crippen LogP contribution is 2.31. The second-order valence-corrected chi connectivity index (χ2v) is 3.03. The van der Waals surface area contributed by atoms with E-state index in [0.29, 0.717) is 11.1 Å². The minimum absolute atomic E-state index is 0.00463. The van der Waals surface area contributed by atoms with E-state index in [9.17, 15) is 15.0 Å². The number of hydrogen-bond acceptors (Lipinski definition) is 4. The molecule has 0 aliphatic heterocycles. The number of nitrogen functional groups attached to an aromatic ring is 1. The molecule has 1 rings (SSSR count). The highest BCUT2D eigenvalue weighted by Gasteiger charge is 2.17. The summed E-state index contributed by atoms with van der Waals surface area (Å²) in [5, 5.41) is 19.0. The Balaban J connectivity index is 3.47. The van der Waals surface area contributed by atoms with E-state index in [1.165, 1.54) is 13.0 Å². The second kappa shape index (κ2) is 3.55. The van der Waals surface area contributed by atoms with Crippen LogP contribution in [0.4, 0.5) is 0 Å². The standard InChI is InChI=1S/C9H12N2O3/c1-4-3-6(12)5(2)7(8(4)13)9(14)11-10/h3,12-13H,10H2,1-2H3,(H,11,14). The fourth-order valence-electron chi connectivity index (χ4n) is 1.23. The number of phenols is 2. The molecule has 14 heavy (non-hydrogen) atoms. The van der Waals surface area contributed by atoms with Crippen molar-refractivity contribution in [1.29, 1.82) is 0 Å². The molecule has 0 saturated carbocycles. The van der Waals surface area contributed by atoms with Gasteiger partial charge in [0, 0.05) is 5.56 Å². The van der Waals surface area contributed by atoms with Crippen LogP contribution in [0.2, 0.25) is 0 Å². The van der Waals surface area contributed by atoms with Crippen LogP contribution in [0.1, 0.15) is 21.5 Å². The normalized spacial score (nSPS) is 9.93. The van der Waals surface area contributed by atoms with Crippen molar-refractivity contribution in [2.45, 2.75) is 13.8 Å². The van der Waals surface area contributed by atoms with Gasteiger partial charge in [-0.2, -0.15) is 0 Å². The maximum absolute atomic E-state index is 11.3. The van der Waals surface area contributed by atoms with Gasteiger partial charge >= 0.3 is 0 Å². The fraction of sp³-hybridized carbons (Fsp3) is 0.222. The van der Waals surface area contributed by atoms with Crippen LogP contribution in [0.15, 0.2) is 6.07 Å². The van der Waals surface area contributed by atoms with E-state index in [0.717, 1.165) is 0 Å². The van der Waals surface area contributed by atoms with Gasteiger partial charge in [-0.05, 0) is 25.5 Å². The van der Waals surface area contributed by atoms with Crippen LogP contribution in [0.3, 0.4) is 0 Å². The molecule has 0 aliphatic rings. The van der Waals surface area contributed by atoms with Crippen molar-refractivity contribution in [2.75, 3.05) is 0 Å². The van der Waals surface area contributed by atoms with Gasteiger partial charge in [0.2, 0.25) is 0 Å². The van der Waals surface area contributed by atoms with Crippen molar-refractivity contribution in [1.82, 2.24) is 5.43 Å². The molecule has 0 atom stereocenters. The Labute approximate surface area is 81.1 Å². The van der Waals surface area contributed by atoms with E-state index in [4.69, 9.17) is 5.84 Å². The van der Waals surface area contributed by atoms with E-state index < -0.39 is 5.91 Å². The van der Waals surface area contributed by atoms with Gasteiger partial charge in [-0.25, -0.2) is 5.84 Å². The van der Waals surface area contributed by atoms with E-state index in [1.807, 2.05) is 5.43 Å². The van der Waals surface area contributed by atoms with Gasteiger partial charge in [-0.15, -0.1) is 0 Å². The topological polar surface area (TPSA) is 95.6 Å². The Morgan fingerprint density at radius 3 is 2.50 bits per heavy atom. The molecular formula is C9H12N2O3. The molecule has 0 unspecified atom stereocenters. The van der Waals surface area contributed by atoms with E-state index in [1.54, 1.807) is 6.92 Å². The predicted octanol–water partition coefficient (Wildman–Crippen LogP) is 0.318. The summed E-state index contributed by atoms with van der Waals surface area (Å²) in [5.41, 5.74) is 2.64. The number of carbonyl (C=O) groups is 1. The molecule has 1 aromatic carbocycles. The van der Waals surface area contributed by atoms with Crippen molar-refractivity contribution in [3.8, 4) is 11.5 Å². The number of aromatic hydroxyl groups is 2. The number of phenolic OH excluding ortho intramolecular Hbond substituents is 2. The fourth-order valence-corrected chi connectivity index (χ4v) is 1.23. The molecule has 0 aliphatic carbocycles. The molecule has 0 saturated heterocycles. The summed E-state index contributed by atoms with van der Waals surface area (Å²) in [4.78, 5) is 11.3. The van der Waals surface area contributed by atoms with Crippen LogP contribution in [0.5, 0.6) is 11.5 Å². The zero-order valence-corrected chi connectivity index (χ0v) is 7.96. The highest BCUT2D eigenvalue weighted by atomic mass is 16.3. The average molecular weight is 196 g/mol. The monoisotopic (exact) mass is 196 g/mol. The van der Waals surface area contributed by atoms with E-state index in [2.05, 4.69) is 0 Å². The molecule has 1 amide bonds. The van der Waals surface area contributed by atoms with Crippen molar-refractivity contribution >= 4 is 5.91 Å². The first-order chi connectivity index (χ1) is 6.49. The molecule has 5 nitrogen and oxygen atoms in total. The van der Waals surface area contributed by atoms with Crippen LogP contribution in [-0.4, -0.2) is 16.1 Å². The number of amides is 1. The van der Waals surface area contributed by atoms with E-state index in [-0.39, 0.29) is 17.1 Å². The Hall–Kier alpha value is -1.75. The molecule has 5 N–H and O–H groups in total. The quantitative estimate of drug-likeness (QED) is 0.225. The Bertz CT molecular complexity index is 362. The third-order valence-electron chi connectivity index (χ3n) is 2.08. The Morgan fingerprint density at radius 1 is 1.43 bits per heavy atom. The van der Waals surface area contributed by atoms with Crippen molar-refractivity contribution in [2.24, 2.45) is 5.84 Å². The lowest BCUT2D eigenvalue weighted by Gasteiger charge is -2.10. The molecule has 0 aromatic heterocycles. The number of hydrazine groups is 1. The van der Waals surface area contributed by atoms with Crippen LogP contribution in [-0.2, 0) is 0 Å². The minimum Gasteiger partial charge on any atom is -0.508 e. The van der Waals surface area contributed by atoms with Crippen LogP contribution >= 0.6 is 0 Å². The third-order valence-corrected chi connectivity index (χ3v) is 2.08. The molecule has 0 bridgehead atoms. The zero-order chi connectivity index (χ0) is 10.9. The summed E-state index contributed by atoms with van der Waals surface area (Å²) in [6.07, 6.45) is 0. The van der Waals surface area contributed by atoms with Gasteiger partial charge in [0.15, 0.2) is 0 Å². The molecule has 1 aromatic rings. The Morgan fingerprint density at radius 2 is 2.00 bits per heavy atom. The van der Waals surface area contributed by atoms with Crippen molar-refractivity contribution in [3.05, 3.63) is 22.8 Å². The smallest absolute Gasteiger partial charge is 0.269 e. The highest BCUT2D eigenvalue weighted by molar-refractivity contribution is 5.99. The first-order valence-corrected chi connectivity index (χ1v) is 4.02. The minimum atomic E-state index is -0.626. The van der Waals surface area contributed by atoms with Crippen LogP contribution in [0, 0.1) is 13.8 Å². The molecule has 0 heterocycles. The maximum atomic E-state index is 11.3. The summed E-state index contributed by atoms with van der Waals surface area (Å²) in [5.74, 6) is 4.12. The lowest BCUT2D eigenvalue weighted by atomic mass is 10.0. The lowest BCUT2D eigenvalue weighted by Crippen LogP contribution is -2.30. The molecule has 76 valence electrons. The van der Waals surface area contributed by atoms with Crippen LogP contribution in [0.25, 0.3) is 0 Å². The van der Waals surface area contributed by atoms with Gasteiger partial charge in [-0.1, -0.05) is 0 Å². The summed E-state index contributed by atoms with van der Waals surface area (Å²) < 4.78 is 0. The summed E-state index contributed by atoms with van der Waals surface area (Å²) in [7, 11) is 0. The molecule has 5 heteroatoms. The SMILES string of the molecule is Cc1cc(O)c(C)c(C(=O)NN)c1O. The Kier molecular flexibility index (Phi) is 2.62. The summed E-state index contributed by atoms with van der Waals surface area (Å²) >= 11 is 0. The number of rotatable bonds is 1. The van der Waals surface area contributed by atoms with Gasteiger partial charge in [0.1, 0.15) is 11.5 Å².